The Kier molecular flexibility index (Phi) is 6.61. The minimum absolute atomic E-state index is 0. The van der Waals surface area contributed by atoms with E-state index in [1.807, 2.05) is 55.5 Å². The van der Waals surface area contributed by atoms with E-state index in [9.17, 15) is 4.79 Å². The number of rotatable bonds is 3. The van der Waals surface area contributed by atoms with Gasteiger partial charge in [-0.2, -0.15) is 0 Å². The van der Waals surface area contributed by atoms with Crippen molar-refractivity contribution in [3.05, 3.63) is 59.7 Å². The molecule has 0 aromatic heterocycles. The maximum absolute atomic E-state index is 12.0. The van der Waals surface area contributed by atoms with Gasteiger partial charge in [-0.1, -0.05) is 29.8 Å². The molecule has 1 fully saturated rings. The van der Waals surface area contributed by atoms with Crippen LogP contribution < -0.4 is 16.0 Å². The van der Waals surface area contributed by atoms with Crippen LogP contribution in [-0.2, 0) is 4.74 Å². The summed E-state index contributed by atoms with van der Waals surface area (Å²) in [5.74, 6) is 0. The Morgan fingerprint density at radius 3 is 2.17 bits per heavy atom. The van der Waals surface area contributed by atoms with Crippen molar-refractivity contribution in [2.24, 2.45) is 0 Å². The summed E-state index contributed by atoms with van der Waals surface area (Å²) in [6.45, 7) is 4.45. The van der Waals surface area contributed by atoms with Crippen LogP contribution in [0.15, 0.2) is 48.5 Å². The van der Waals surface area contributed by atoms with Gasteiger partial charge in [0.1, 0.15) is 0 Å². The molecule has 2 amide bonds. The van der Waals surface area contributed by atoms with Crippen molar-refractivity contribution < 1.29 is 9.53 Å². The van der Waals surface area contributed by atoms with E-state index in [-0.39, 0.29) is 24.5 Å². The summed E-state index contributed by atoms with van der Waals surface area (Å²) >= 11 is 0. The van der Waals surface area contributed by atoms with Crippen LogP contribution in [0.25, 0.3) is 0 Å². The maximum Gasteiger partial charge on any atom is 0.323 e. The molecule has 0 bridgehead atoms. The largest absolute Gasteiger partial charge is 0.371 e. The first kappa shape index (κ1) is 18.3. The zero-order valence-electron chi connectivity index (χ0n) is 13.5. The molecule has 0 radical (unpaired) electrons. The van der Waals surface area contributed by atoms with Gasteiger partial charge in [-0.05, 0) is 36.8 Å². The summed E-state index contributed by atoms with van der Waals surface area (Å²) in [5, 5.41) is 8.95. The molecule has 2 aromatic carbocycles. The second-order valence-electron chi connectivity index (χ2n) is 5.63. The van der Waals surface area contributed by atoms with Crippen molar-refractivity contribution in [1.82, 2.24) is 5.32 Å². The number of morpholine rings is 1. The average molecular weight is 348 g/mol. The quantitative estimate of drug-likeness (QED) is 0.793. The van der Waals surface area contributed by atoms with Gasteiger partial charge >= 0.3 is 6.03 Å². The molecule has 0 saturated carbocycles. The molecule has 1 atom stereocenters. The van der Waals surface area contributed by atoms with Gasteiger partial charge in [0.15, 0.2) is 0 Å². The zero-order valence-corrected chi connectivity index (χ0v) is 14.4. The first-order valence-corrected chi connectivity index (χ1v) is 7.78. The Labute approximate surface area is 148 Å². The minimum Gasteiger partial charge on any atom is -0.371 e. The molecule has 1 aliphatic rings. The summed E-state index contributed by atoms with van der Waals surface area (Å²) in [7, 11) is 0. The van der Waals surface area contributed by atoms with Crippen LogP contribution in [0.3, 0.4) is 0 Å². The number of aryl methyl sites for hydroxylation is 1. The Hall–Kier alpha value is -2.08. The molecule has 1 aliphatic heterocycles. The van der Waals surface area contributed by atoms with Crippen molar-refractivity contribution in [2.45, 2.75) is 13.0 Å². The third-order valence-electron chi connectivity index (χ3n) is 3.78. The van der Waals surface area contributed by atoms with Crippen molar-refractivity contribution in [1.29, 1.82) is 0 Å². The van der Waals surface area contributed by atoms with Crippen molar-refractivity contribution >= 4 is 29.8 Å². The number of benzene rings is 2. The highest BCUT2D eigenvalue weighted by molar-refractivity contribution is 5.99. The summed E-state index contributed by atoms with van der Waals surface area (Å²) < 4.78 is 5.71. The number of ether oxygens (including phenoxy) is 1. The lowest BCUT2D eigenvalue weighted by Gasteiger charge is -2.24. The fourth-order valence-corrected chi connectivity index (χ4v) is 2.49. The molecule has 6 heteroatoms. The Morgan fingerprint density at radius 2 is 1.62 bits per heavy atom. The molecule has 0 spiro atoms. The topological polar surface area (TPSA) is 62.4 Å². The van der Waals surface area contributed by atoms with E-state index in [1.165, 1.54) is 0 Å². The molecule has 24 heavy (non-hydrogen) atoms. The number of anilines is 2. The molecule has 1 saturated heterocycles. The summed E-state index contributed by atoms with van der Waals surface area (Å²) in [5.41, 5.74) is 3.79. The van der Waals surface area contributed by atoms with Crippen LogP contribution in [0.4, 0.5) is 16.2 Å². The number of carbonyl (C=O) groups excluding carboxylic acids is 1. The fourth-order valence-electron chi connectivity index (χ4n) is 2.49. The third-order valence-corrected chi connectivity index (χ3v) is 3.78. The number of amides is 2. The minimum atomic E-state index is -0.253. The van der Waals surface area contributed by atoms with Gasteiger partial charge in [0.25, 0.3) is 0 Å². The molecule has 3 N–H and O–H groups in total. The second-order valence-corrected chi connectivity index (χ2v) is 5.63. The van der Waals surface area contributed by atoms with Crippen molar-refractivity contribution in [3.63, 3.8) is 0 Å². The monoisotopic (exact) mass is 347 g/mol. The number of urea groups is 1. The molecule has 128 valence electrons. The molecule has 1 unspecified atom stereocenters. The third kappa shape index (κ3) is 4.96. The normalized spacial score (nSPS) is 16.8. The number of hydrogen-bond acceptors (Lipinski definition) is 3. The molecule has 1 heterocycles. The smallest absolute Gasteiger partial charge is 0.323 e. The molecule has 0 aliphatic carbocycles. The Morgan fingerprint density at radius 1 is 1.04 bits per heavy atom. The van der Waals surface area contributed by atoms with Gasteiger partial charge in [-0.25, -0.2) is 4.79 Å². The van der Waals surface area contributed by atoms with E-state index in [4.69, 9.17) is 4.74 Å². The molecule has 2 aromatic rings. The lowest BCUT2D eigenvalue weighted by molar-refractivity contribution is 0.0277. The summed E-state index contributed by atoms with van der Waals surface area (Å²) in [4.78, 5) is 12.0. The van der Waals surface area contributed by atoms with Crippen molar-refractivity contribution in [2.75, 3.05) is 30.3 Å². The summed E-state index contributed by atoms with van der Waals surface area (Å²) in [6, 6.07) is 15.2. The fraction of sp³-hybridized carbons (Fsp3) is 0.278. The van der Waals surface area contributed by atoms with E-state index in [1.54, 1.807) is 0 Å². The van der Waals surface area contributed by atoms with Crippen LogP contribution in [0.1, 0.15) is 17.2 Å². The zero-order chi connectivity index (χ0) is 16.1. The van der Waals surface area contributed by atoms with Gasteiger partial charge < -0.3 is 20.7 Å². The predicted molar refractivity (Wildman–Crippen MR) is 99.1 cm³/mol. The van der Waals surface area contributed by atoms with Gasteiger partial charge in [-0.3, -0.25) is 0 Å². The van der Waals surface area contributed by atoms with Gasteiger partial charge in [0.2, 0.25) is 0 Å². The lowest BCUT2D eigenvalue weighted by atomic mass is 10.1. The highest BCUT2D eigenvalue weighted by atomic mass is 35.5. The van der Waals surface area contributed by atoms with E-state index >= 15 is 0 Å². The van der Waals surface area contributed by atoms with E-state index in [0.29, 0.717) is 0 Å². The van der Waals surface area contributed by atoms with Crippen molar-refractivity contribution in [3.8, 4) is 0 Å². The highest BCUT2D eigenvalue weighted by Gasteiger charge is 2.15. The number of nitrogens with one attached hydrogen (secondary N) is 3. The Balaban J connectivity index is 0.00000208. The molecule has 5 nitrogen and oxygen atoms in total. The van der Waals surface area contributed by atoms with Crippen LogP contribution in [0.2, 0.25) is 0 Å². The number of hydrogen-bond donors (Lipinski definition) is 3. The number of halogens is 1. The second kappa shape index (κ2) is 8.68. The SMILES string of the molecule is Cc1ccc(NC(=O)Nc2ccc(C3CNCCO3)cc2)cc1.Cl. The highest BCUT2D eigenvalue weighted by Crippen LogP contribution is 2.20. The first-order chi connectivity index (χ1) is 11.2. The predicted octanol–water partition coefficient (Wildman–Crippen LogP) is 3.72. The maximum atomic E-state index is 12.0. The molecular formula is C18H22ClN3O2. The number of carbonyl (C=O) groups is 1. The van der Waals surface area contributed by atoms with E-state index in [0.717, 1.165) is 42.2 Å². The standard InChI is InChI=1S/C18H21N3O2.ClH/c1-13-2-6-15(7-3-13)20-18(22)21-16-8-4-14(5-9-16)17-12-19-10-11-23-17;/h2-9,17,19H,10-12H2,1H3,(H2,20,21,22);1H. The van der Waals surface area contributed by atoms with Crippen LogP contribution >= 0.6 is 12.4 Å². The average Bonchev–Trinajstić information content (AvgIpc) is 2.58. The lowest BCUT2D eigenvalue weighted by Crippen LogP contribution is -2.33. The first-order valence-electron chi connectivity index (χ1n) is 7.78. The van der Waals surface area contributed by atoms with Crippen LogP contribution in [0.5, 0.6) is 0 Å². The summed E-state index contributed by atoms with van der Waals surface area (Å²) in [6.07, 6.45) is 0.0826. The Bertz CT molecular complexity index is 653. The van der Waals surface area contributed by atoms with Gasteiger partial charge in [-0.15, -0.1) is 12.4 Å². The molecule has 3 rings (SSSR count). The van der Waals surface area contributed by atoms with Crippen LogP contribution in [0, 0.1) is 6.92 Å². The van der Waals surface area contributed by atoms with Crippen LogP contribution in [-0.4, -0.2) is 25.7 Å². The van der Waals surface area contributed by atoms with Gasteiger partial charge in [0, 0.05) is 24.5 Å². The van der Waals surface area contributed by atoms with E-state index < -0.39 is 0 Å². The van der Waals surface area contributed by atoms with E-state index in [2.05, 4.69) is 16.0 Å². The van der Waals surface area contributed by atoms with Gasteiger partial charge in [0.05, 0.1) is 12.7 Å². The molecular weight excluding hydrogens is 326 g/mol.